The second kappa shape index (κ2) is 9.67. The molecule has 0 spiro atoms. The van der Waals surface area contributed by atoms with Gasteiger partial charge in [-0.1, -0.05) is 24.3 Å². The minimum absolute atomic E-state index is 0.0583. The van der Waals surface area contributed by atoms with E-state index in [-0.39, 0.29) is 22.7 Å². The van der Waals surface area contributed by atoms with E-state index >= 15 is 0 Å². The molecule has 0 heterocycles. The van der Waals surface area contributed by atoms with Crippen LogP contribution >= 0.6 is 11.8 Å². The van der Waals surface area contributed by atoms with E-state index in [0.717, 1.165) is 0 Å². The van der Waals surface area contributed by atoms with Crippen molar-refractivity contribution in [2.45, 2.75) is 24.3 Å². The zero-order valence-electron chi connectivity index (χ0n) is 15.4. The van der Waals surface area contributed by atoms with Crippen molar-refractivity contribution in [1.82, 2.24) is 4.72 Å². The molecule has 2 N–H and O–H groups in total. The van der Waals surface area contributed by atoms with Crippen LogP contribution in [0.5, 0.6) is 0 Å². The summed E-state index contributed by atoms with van der Waals surface area (Å²) in [6.45, 7) is 1.60. The number of aryl methyl sites for hydroxylation is 1. The van der Waals surface area contributed by atoms with E-state index < -0.39 is 26.9 Å². The molecule has 0 aliphatic heterocycles. The molecule has 28 heavy (non-hydrogen) atoms. The molecule has 0 aliphatic rings. The Balaban J connectivity index is 2.22. The van der Waals surface area contributed by atoms with Crippen molar-refractivity contribution in [2.75, 3.05) is 17.3 Å². The number of nitro groups is 1. The Morgan fingerprint density at radius 2 is 1.89 bits per heavy atom. The SMILES string of the molecule is CSCCC(NS(=O)(=O)c1ccccc1)C(=O)Nc1ccc(C)c([N+](=O)[O-])c1. The summed E-state index contributed by atoms with van der Waals surface area (Å²) in [5, 5.41) is 13.6. The lowest BCUT2D eigenvalue weighted by atomic mass is 10.1. The summed E-state index contributed by atoms with van der Waals surface area (Å²) in [5.41, 5.74) is 0.574. The van der Waals surface area contributed by atoms with Crippen molar-refractivity contribution in [1.29, 1.82) is 0 Å². The van der Waals surface area contributed by atoms with Crippen LogP contribution in [0.1, 0.15) is 12.0 Å². The standard InChI is InChI=1S/C18H21N3O5S2/c1-13-8-9-14(12-17(13)21(23)24)19-18(22)16(10-11-27-2)20-28(25,26)15-6-4-3-5-7-15/h3-9,12,16,20H,10-11H2,1-2H3,(H,19,22). The molecule has 10 heteroatoms. The van der Waals surface area contributed by atoms with Gasteiger partial charge < -0.3 is 5.32 Å². The van der Waals surface area contributed by atoms with Crippen LogP contribution in [0.3, 0.4) is 0 Å². The highest BCUT2D eigenvalue weighted by Gasteiger charge is 2.26. The maximum atomic E-state index is 12.7. The van der Waals surface area contributed by atoms with E-state index in [2.05, 4.69) is 10.0 Å². The summed E-state index contributed by atoms with van der Waals surface area (Å²) >= 11 is 1.48. The number of nitrogens with zero attached hydrogens (tertiary/aromatic N) is 1. The normalized spacial score (nSPS) is 12.4. The third kappa shape index (κ3) is 5.78. The lowest BCUT2D eigenvalue weighted by molar-refractivity contribution is -0.385. The van der Waals surface area contributed by atoms with Crippen molar-refractivity contribution in [3.63, 3.8) is 0 Å². The highest BCUT2D eigenvalue weighted by molar-refractivity contribution is 7.98. The number of thioether (sulfide) groups is 1. The monoisotopic (exact) mass is 423 g/mol. The maximum absolute atomic E-state index is 12.7. The first-order valence-corrected chi connectivity index (χ1v) is 11.2. The van der Waals surface area contributed by atoms with Gasteiger partial charge in [0, 0.05) is 17.3 Å². The van der Waals surface area contributed by atoms with Gasteiger partial charge >= 0.3 is 0 Å². The Hall–Kier alpha value is -2.43. The molecule has 0 saturated carbocycles. The summed E-state index contributed by atoms with van der Waals surface area (Å²) in [6.07, 6.45) is 2.12. The molecule has 1 unspecified atom stereocenters. The summed E-state index contributed by atoms with van der Waals surface area (Å²) in [4.78, 5) is 23.3. The molecule has 1 amide bonds. The van der Waals surface area contributed by atoms with Crippen molar-refractivity contribution in [2.24, 2.45) is 0 Å². The third-order valence-electron chi connectivity index (χ3n) is 3.95. The van der Waals surface area contributed by atoms with Gasteiger partial charge in [0.2, 0.25) is 15.9 Å². The Kier molecular flexibility index (Phi) is 7.55. The summed E-state index contributed by atoms with van der Waals surface area (Å²) in [6, 6.07) is 11.1. The minimum Gasteiger partial charge on any atom is -0.324 e. The number of benzene rings is 2. The molecular weight excluding hydrogens is 402 g/mol. The quantitative estimate of drug-likeness (QED) is 0.473. The van der Waals surface area contributed by atoms with Crippen LogP contribution in [0.4, 0.5) is 11.4 Å². The van der Waals surface area contributed by atoms with E-state index in [1.807, 2.05) is 6.26 Å². The summed E-state index contributed by atoms with van der Waals surface area (Å²) in [5.74, 6) is -0.0182. The van der Waals surface area contributed by atoms with Gasteiger partial charge in [0.05, 0.1) is 9.82 Å². The Morgan fingerprint density at radius 3 is 2.50 bits per heavy atom. The van der Waals surface area contributed by atoms with Crippen LogP contribution in [0.2, 0.25) is 0 Å². The first kappa shape index (κ1) is 21.9. The van der Waals surface area contributed by atoms with E-state index in [1.165, 1.54) is 42.1 Å². The van der Waals surface area contributed by atoms with Crippen LogP contribution in [-0.2, 0) is 14.8 Å². The maximum Gasteiger partial charge on any atom is 0.274 e. The van der Waals surface area contributed by atoms with Gasteiger partial charge in [0.1, 0.15) is 6.04 Å². The van der Waals surface area contributed by atoms with Crippen molar-refractivity contribution in [3.05, 3.63) is 64.2 Å². The lowest BCUT2D eigenvalue weighted by Crippen LogP contribution is -2.44. The molecule has 0 fully saturated rings. The molecule has 0 aromatic heterocycles. The van der Waals surface area contributed by atoms with Crippen LogP contribution in [0.25, 0.3) is 0 Å². The smallest absolute Gasteiger partial charge is 0.274 e. The number of nitro benzene ring substituents is 1. The highest BCUT2D eigenvalue weighted by atomic mass is 32.2. The van der Waals surface area contributed by atoms with E-state index in [0.29, 0.717) is 11.3 Å². The van der Waals surface area contributed by atoms with E-state index in [9.17, 15) is 23.3 Å². The average Bonchev–Trinajstić information content (AvgIpc) is 2.67. The first-order valence-electron chi connectivity index (χ1n) is 8.37. The first-order chi connectivity index (χ1) is 13.2. The van der Waals surface area contributed by atoms with Gasteiger partial charge in [0.25, 0.3) is 5.69 Å². The predicted octanol–water partition coefficient (Wildman–Crippen LogP) is 2.94. The van der Waals surface area contributed by atoms with Crippen molar-refractivity contribution >= 4 is 39.1 Å². The van der Waals surface area contributed by atoms with E-state index in [1.54, 1.807) is 25.1 Å². The molecule has 2 aromatic carbocycles. The zero-order valence-corrected chi connectivity index (χ0v) is 17.0. The largest absolute Gasteiger partial charge is 0.324 e. The Morgan fingerprint density at radius 1 is 1.21 bits per heavy atom. The molecular formula is C18H21N3O5S2. The second-order valence-corrected chi connectivity index (χ2v) is 8.72. The fourth-order valence-corrected chi connectivity index (χ4v) is 4.17. The van der Waals surface area contributed by atoms with Gasteiger partial charge in [-0.15, -0.1) is 0 Å². The molecule has 0 radical (unpaired) electrons. The Labute approximate surface area is 167 Å². The Bertz CT molecular complexity index is 949. The molecule has 0 saturated heterocycles. The molecule has 8 nitrogen and oxygen atoms in total. The third-order valence-corrected chi connectivity index (χ3v) is 6.08. The number of hydrogen-bond acceptors (Lipinski definition) is 6. The number of rotatable bonds is 9. The van der Waals surface area contributed by atoms with Crippen LogP contribution in [0.15, 0.2) is 53.4 Å². The number of hydrogen-bond donors (Lipinski definition) is 2. The summed E-state index contributed by atoms with van der Waals surface area (Å²) in [7, 11) is -3.88. The summed E-state index contributed by atoms with van der Waals surface area (Å²) < 4.78 is 27.6. The van der Waals surface area contributed by atoms with Gasteiger partial charge in [-0.25, -0.2) is 8.42 Å². The minimum atomic E-state index is -3.88. The predicted molar refractivity (Wildman–Crippen MR) is 110 cm³/mol. The number of anilines is 1. The van der Waals surface area contributed by atoms with Gasteiger partial charge in [-0.2, -0.15) is 16.5 Å². The van der Waals surface area contributed by atoms with Gasteiger partial charge in [-0.3, -0.25) is 14.9 Å². The van der Waals surface area contributed by atoms with E-state index in [4.69, 9.17) is 0 Å². The lowest BCUT2D eigenvalue weighted by Gasteiger charge is -2.18. The molecule has 2 rings (SSSR count). The molecule has 0 bridgehead atoms. The van der Waals surface area contributed by atoms with Gasteiger partial charge in [-0.05, 0) is 43.6 Å². The number of carbonyl (C=O) groups is 1. The average molecular weight is 424 g/mol. The number of sulfonamides is 1. The molecule has 0 aliphatic carbocycles. The highest BCUT2D eigenvalue weighted by Crippen LogP contribution is 2.22. The fraction of sp³-hybridized carbons (Fsp3) is 0.278. The molecule has 150 valence electrons. The molecule has 2 aromatic rings. The van der Waals surface area contributed by atoms with Crippen LogP contribution in [-0.4, -0.2) is 37.3 Å². The van der Waals surface area contributed by atoms with Crippen molar-refractivity contribution < 1.29 is 18.1 Å². The zero-order chi connectivity index (χ0) is 20.7. The molecule has 1 atom stereocenters. The number of nitrogens with one attached hydrogen (secondary N) is 2. The number of carbonyl (C=O) groups excluding carboxylic acids is 1. The van der Waals surface area contributed by atoms with Crippen LogP contribution < -0.4 is 10.0 Å². The van der Waals surface area contributed by atoms with Crippen LogP contribution in [0, 0.1) is 17.0 Å². The topological polar surface area (TPSA) is 118 Å². The van der Waals surface area contributed by atoms with Gasteiger partial charge in [0.15, 0.2) is 0 Å². The fourth-order valence-electron chi connectivity index (χ4n) is 2.45. The number of amides is 1. The second-order valence-electron chi connectivity index (χ2n) is 6.02. The van der Waals surface area contributed by atoms with Crippen molar-refractivity contribution in [3.8, 4) is 0 Å².